The fourth-order valence-corrected chi connectivity index (χ4v) is 2.31. The van der Waals surface area contributed by atoms with Crippen LogP contribution < -0.4 is 5.56 Å². The Bertz CT molecular complexity index is 1030. The molecule has 1 aromatic heterocycles. The molecule has 0 radical (unpaired) electrons. The Labute approximate surface area is 140 Å². The summed E-state index contributed by atoms with van der Waals surface area (Å²) in [6, 6.07) is 10.2. The SMILES string of the molecule is O=c1[nH]c2cc(Cl)ccc2nc1/C=C(\O)c1ccc([N+](=O)[O-])cc1. The van der Waals surface area contributed by atoms with Gasteiger partial charge in [-0.25, -0.2) is 4.98 Å². The maximum atomic E-state index is 12.0. The number of aromatic amines is 1. The average Bonchev–Trinajstić information content (AvgIpc) is 2.55. The Hall–Kier alpha value is -3.19. The largest absolute Gasteiger partial charge is 0.507 e. The number of aliphatic hydroxyl groups excluding tert-OH is 1. The summed E-state index contributed by atoms with van der Waals surface area (Å²) in [5.74, 6) is -0.226. The smallest absolute Gasteiger partial charge is 0.274 e. The van der Waals surface area contributed by atoms with Crippen LogP contribution in [0.25, 0.3) is 22.9 Å². The van der Waals surface area contributed by atoms with E-state index in [1.165, 1.54) is 30.3 Å². The van der Waals surface area contributed by atoms with E-state index in [0.29, 0.717) is 21.6 Å². The molecule has 0 amide bonds. The molecule has 0 saturated heterocycles. The van der Waals surface area contributed by atoms with Crippen molar-refractivity contribution < 1.29 is 10.0 Å². The molecule has 24 heavy (non-hydrogen) atoms. The van der Waals surface area contributed by atoms with E-state index in [-0.39, 0.29) is 17.1 Å². The minimum Gasteiger partial charge on any atom is -0.507 e. The van der Waals surface area contributed by atoms with Gasteiger partial charge in [-0.1, -0.05) is 11.6 Å². The lowest BCUT2D eigenvalue weighted by atomic mass is 10.1. The van der Waals surface area contributed by atoms with E-state index in [0.717, 1.165) is 0 Å². The van der Waals surface area contributed by atoms with Gasteiger partial charge in [0.05, 0.1) is 16.0 Å². The Morgan fingerprint density at radius 1 is 1.25 bits per heavy atom. The second kappa shape index (κ2) is 6.13. The highest BCUT2D eigenvalue weighted by Gasteiger charge is 2.08. The van der Waals surface area contributed by atoms with E-state index in [1.807, 2.05) is 0 Å². The molecule has 0 bridgehead atoms. The number of non-ortho nitro benzene ring substituents is 1. The van der Waals surface area contributed by atoms with E-state index in [4.69, 9.17) is 11.6 Å². The van der Waals surface area contributed by atoms with Crippen LogP contribution in [0.2, 0.25) is 5.02 Å². The summed E-state index contributed by atoms with van der Waals surface area (Å²) >= 11 is 5.86. The van der Waals surface area contributed by atoms with Crippen LogP contribution in [0.3, 0.4) is 0 Å². The highest BCUT2D eigenvalue weighted by molar-refractivity contribution is 6.31. The van der Waals surface area contributed by atoms with Crippen LogP contribution in [-0.4, -0.2) is 20.0 Å². The van der Waals surface area contributed by atoms with Crippen LogP contribution >= 0.6 is 11.6 Å². The molecule has 0 fully saturated rings. The molecule has 3 rings (SSSR count). The maximum absolute atomic E-state index is 12.0. The monoisotopic (exact) mass is 343 g/mol. The minimum absolute atomic E-state index is 0.0145. The zero-order chi connectivity index (χ0) is 17.3. The van der Waals surface area contributed by atoms with Gasteiger partial charge in [0.2, 0.25) is 0 Å². The Balaban J connectivity index is 2.02. The molecule has 8 heteroatoms. The van der Waals surface area contributed by atoms with E-state index in [2.05, 4.69) is 9.97 Å². The zero-order valence-electron chi connectivity index (χ0n) is 12.1. The quantitative estimate of drug-likeness (QED) is 0.429. The standard InChI is InChI=1S/C16H10ClN3O4/c17-10-3-6-12-13(7-10)19-16(22)14(18-12)8-15(21)9-1-4-11(5-2-9)20(23)24/h1-8,21H,(H,19,22)/b15-8-. The molecule has 2 aromatic carbocycles. The summed E-state index contributed by atoms with van der Waals surface area (Å²) in [5.41, 5.74) is 0.767. The fraction of sp³-hybridized carbons (Fsp3) is 0. The van der Waals surface area contributed by atoms with E-state index >= 15 is 0 Å². The molecule has 0 aliphatic heterocycles. The molecule has 1 heterocycles. The van der Waals surface area contributed by atoms with Crippen LogP contribution in [0, 0.1) is 10.1 Å². The number of halogens is 1. The van der Waals surface area contributed by atoms with Crippen molar-refractivity contribution in [2.75, 3.05) is 0 Å². The first kappa shape index (κ1) is 15.7. The van der Waals surface area contributed by atoms with Gasteiger partial charge in [-0.2, -0.15) is 0 Å². The van der Waals surface area contributed by atoms with Gasteiger partial charge in [0.1, 0.15) is 11.5 Å². The number of nitrogens with zero attached hydrogens (tertiary/aromatic N) is 2. The Morgan fingerprint density at radius 3 is 2.62 bits per heavy atom. The van der Waals surface area contributed by atoms with Crippen molar-refractivity contribution in [2.45, 2.75) is 0 Å². The lowest BCUT2D eigenvalue weighted by Gasteiger charge is -2.02. The number of rotatable bonds is 3. The molecule has 2 N–H and O–H groups in total. The number of hydrogen-bond donors (Lipinski definition) is 2. The number of aliphatic hydroxyl groups is 1. The van der Waals surface area contributed by atoms with E-state index in [1.54, 1.807) is 18.2 Å². The summed E-state index contributed by atoms with van der Waals surface area (Å²) in [5, 5.41) is 21.2. The van der Waals surface area contributed by atoms with Crippen LogP contribution in [0.1, 0.15) is 11.3 Å². The van der Waals surface area contributed by atoms with Crippen molar-refractivity contribution in [1.29, 1.82) is 0 Å². The fourth-order valence-electron chi connectivity index (χ4n) is 2.14. The summed E-state index contributed by atoms with van der Waals surface area (Å²) in [6.45, 7) is 0. The second-order valence-electron chi connectivity index (χ2n) is 4.95. The van der Waals surface area contributed by atoms with Crippen LogP contribution in [0.5, 0.6) is 0 Å². The number of hydrogen-bond acceptors (Lipinski definition) is 5. The van der Waals surface area contributed by atoms with Gasteiger partial charge >= 0.3 is 0 Å². The third-order valence-electron chi connectivity index (χ3n) is 3.33. The average molecular weight is 344 g/mol. The molecular formula is C16H10ClN3O4. The third kappa shape index (κ3) is 3.11. The molecule has 0 aliphatic carbocycles. The normalized spacial score (nSPS) is 11.6. The van der Waals surface area contributed by atoms with Crippen molar-refractivity contribution in [2.24, 2.45) is 0 Å². The Kier molecular flexibility index (Phi) is 4.01. The second-order valence-corrected chi connectivity index (χ2v) is 5.38. The predicted molar refractivity (Wildman–Crippen MR) is 91.0 cm³/mol. The summed E-state index contributed by atoms with van der Waals surface area (Å²) in [6.07, 6.45) is 1.20. The molecule has 0 atom stereocenters. The topological polar surface area (TPSA) is 109 Å². The van der Waals surface area contributed by atoms with Gasteiger partial charge in [0.25, 0.3) is 11.2 Å². The number of benzene rings is 2. The zero-order valence-corrected chi connectivity index (χ0v) is 12.8. The van der Waals surface area contributed by atoms with E-state index in [9.17, 15) is 20.0 Å². The van der Waals surface area contributed by atoms with Gasteiger partial charge < -0.3 is 10.1 Å². The van der Waals surface area contributed by atoms with Crippen molar-refractivity contribution in [3.8, 4) is 0 Å². The van der Waals surface area contributed by atoms with Crippen molar-refractivity contribution in [1.82, 2.24) is 9.97 Å². The molecule has 0 spiro atoms. The van der Waals surface area contributed by atoms with Gasteiger partial charge in [0.15, 0.2) is 0 Å². The molecule has 3 aromatic rings. The highest BCUT2D eigenvalue weighted by atomic mass is 35.5. The molecule has 0 unspecified atom stereocenters. The summed E-state index contributed by atoms with van der Waals surface area (Å²) < 4.78 is 0. The number of H-pyrrole nitrogens is 1. The van der Waals surface area contributed by atoms with Crippen molar-refractivity contribution in [3.05, 3.63) is 79.2 Å². The predicted octanol–water partition coefficient (Wildman–Crippen LogP) is 3.54. The van der Waals surface area contributed by atoms with Crippen LogP contribution in [0.15, 0.2) is 47.3 Å². The summed E-state index contributed by atoms with van der Waals surface area (Å²) in [4.78, 5) is 29.0. The lowest BCUT2D eigenvalue weighted by molar-refractivity contribution is -0.384. The minimum atomic E-state index is -0.536. The van der Waals surface area contributed by atoms with Gasteiger partial charge in [-0.3, -0.25) is 14.9 Å². The van der Waals surface area contributed by atoms with Crippen LogP contribution in [0.4, 0.5) is 5.69 Å². The van der Waals surface area contributed by atoms with E-state index < -0.39 is 10.5 Å². The Morgan fingerprint density at radius 2 is 1.96 bits per heavy atom. The first-order chi connectivity index (χ1) is 11.4. The van der Waals surface area contributed by atoms with Gasteiger partial charge in [-0.15, -0.1) is 0 Å². The molecule has 120 valence electrons. The first-order valence-electron chi connectivity index (χ1n) is 6.79. The highest BCUT2D eigenvalue weighted by Crippen LogP contribution is 2.19. The third-order valence-corrected chi connectivity index (χ3v) is 3.56. The number of nitrogens with one attached hydrogen (secondary N) is 1. The molecule has 0 saturated carbocycles. The molecular weight excluding hydrogens is 334 g/mol. The summed E-state index contributed by atoms with van der Waals surface area (Å²) in [7, 11) is 0. The van der Waals surface area contributed by atoms with Crippen molar-refractivity contribution >= 4 is 40.2 Å². The van der Waals surface area contributed by atoms with Crippen LogP contribution in [-0.2, 0) is 0 Å². The maximum Gasteiger partial charge on any atom is 0.274 e. The number of nitro benzene ring substituents is 1. The number of nitro groups is 1. The van der Waals surface area contributed by atoms with Gasteiger partial charge in [-0.05, 0) is 30.3 Å². The number of fused-ring (bicyclic) bond motifs is 1. The number of aromatic nitrogens is 2. The van der Waals surface area contributed by atoms with Gasteiger partial charge in [0, 0.05) is 28.8 Å². The first-order valence-corrected chi connectivity index (χ1v) is 7.17. The molecule has 0 aliphatic rings. The molecule has 7 nitrogen and oxygen atoms in total. The van der Waals surface area contributed by atoms with Crippen molar-refractivity contribution in [3.63, 3.8) is 0 Å². The lowest BCUT2D eigenvalue weighted by Crippen LogP contribution is -2.12.